The van der Waals surface area contributed by atoms with Crippen LogP contribution >= 0.6 is 0 Å². The quantitative estimate of drug-likeness (QED) is 0.844. The number of carbonyl (C=O) groups is 1. The minimum atomic E-state index is -0.967. The van der Waals surface area contributed by atoms with Crippen LogP contribution in [0, 0.1) is 5.41 Å². The molecule has 0 radical (unpaired) electrons. The van der Waals surface area contributed by atoms with Crippen molar-refractivity contribution in [3.05, 3.63) is 29.8 Å². The molecule has 1 aromatic carbocycles. The number of rotatable bonds is 4. The van der Waals surface area contributed by atoms with Gasteiger partial charge in [0.25, 0.3) is 0 Å². The number of carboxylic acid groups (broad SMARTS) is 1. The maximum atomic E-state index is 10.9. The molecule has 0 aromatic heterocycles. The van der Waals surface area contributed by atoms with Gasteiger partial charge in [-0.1, -0.05) is 19.1 Å². The molecular weight excluding hydrogens is 208 g/mol. The van der Waals surface area contributed by atoms with E-state index in [4.69, 9.17) is 14.6 Å². The van der Waals surface area contributed by atoms with Crippen LogP contribution in [-0.4, -0.2) is 30.9 Å². The Labute approximate surface area is 93.8 Å². The van der Waals surface area contributed by atoms with Crippen molar-refractivity contribution >= 4 is 5.97 Å². The molecule has 0 saturated carbocycles. The smallest absolute Gasteiger partial charge is 0.339 e. The molecule has 0 spiro atoms. The van der Waals surface area contributed by atoms with Gasteiger partial charge in [-0.15, -0.1) is 0 Å². The largest absolute Gasteiger partial charge is 0.492 e. The predicted molar refractivity (Wildman–Crippen MR) is 57.8 cm³/mol. The van der Waals surface area contributed by atoms with Crippen LogP contribution in [0.25, 0.3) is 0 Å². The first-order chi connectivity index (χ1) is 7.61. The summed E-state index contributed by atoms with van der Waals surface area (Å²) in [6.45, 7) is 3.88. The Bertz CT molecular complexity index is 396. The van der Waals surface area contributed by atoms with Gasteiger partial charge in [0.05, 0.1) is 19.8 Å². The summed E-state index contributed by atoms with van der Waals surface area (Å²) < 4.78 is 10.7. The van der Waals surface area contributed by atoms with E-state index in [1.165, 1.54) is 6.07 Å². The van der Waals surface area contributed by atoms with Gasteiger partial charge in [-0.25, -0.2) is 4.79 Å². The van der Waals surface area contributed by atoms with E-state index >= 15 is 0 Å². The summed E-state index contributed by atoms with van der Waals surface area (Å²) in [5.41, 5.74) is 0.220. The molecule has 0 aliphatic carbocycles. The van der Waals surface area contributed by atoms with Crippen LogP contribution in [-0.2, 0) is 4.74 Å². The molecule has 1 aliphatic rings. The van der Waals surface area contributed by atoms with E-state index in [9.17, 15) is 4.79 Å². The standard InChI is InChI=1S/C12H14O4/c1-12(6-15-7-12)8-16-10-5-3-2-4-9(10)11(13)14/h2-5H,6-8H2,1H3,(H,13,14). The number of para-hydroxylation sites is 1. The van der Waals surface area contributed by atoms with Crippen molar-refractivity contribution in [2.24, 2.45) is 5.41 Å². The Morgan fingerprint density at radius 2 is 2.19 bits per heavy atom. The third-order valence-electron chi connectivity index (χ3n) is 2.59. The van der Waals surface area contributed by atoms with Gasteiger partial charge in [-0.3, -0.25) is 0 Å². The number of carboxylic acids is 1. The third kappa shape index (κ3) is 2.17. The molecule has 1 N–H and O–H groups in total. The van der Waals surface area contributed by atoms with Crippen molar-refractivity contribution in [3.8, 4) is 5.75 Å². The molecule has 0 amide bonds. The first kappa shape index (κ1) is 11.0. The van der Waals surface area contributed by atoms with Gasteiger partial charge in [-0.05, 0) is 12.1 Å². The number of hydrogen-bond donors (Lipinski definition) is 1. The summed E-state index contributed by atoms with van der Waals surface area (Å²) in [6, 6.07) is 6.66. The number of benzene rings is 1. The second-order valence-electron chi connectivity index (χ2n) is 4.39. The zero-order valence-corrected chi connectivity index (χ0v) is 9.10. The number of aromatic carboxylic acids is 1. The molecule has 1 aromatic rings. The first-order valence-electron chi connectivity index (χ1n) is 5.14. The van der Waals surface area contributed by atoms with Crippen molar-refractivity contribution in [1.29, 1.82) is 0 Å². The molecule has 0 unspecified atom stereocenters. The molecule has 2 rings (SSSR count). The Morgan fingerprint density at radius 3 is 2.75 bits per heavy atom. The van der Waals surface area contributed by atoms with Crippen molar-refractivity contribution in [3.63, 3.8) is 0 Å². The predicted octanol–water partition coefficient (Wildman–Crippen LogP) is 1.80. The van der Waals surface area contributed by atoms with Crippen molar-refractivity contribution < 1.29 is 19.4 Å². The monoisotopic (exact) mass is 222 g/mol. The van der Waals surface area contributed by atoms with Crippen LogP contribution in [0.4, 0.5) is 0 Å². The molecule has 1 fully saturated rings. The van der Waals surface area contributed by atoms with Crippen LogP contribution in [0.2, 0.25) is 0 Å². The zero-order valence-electron chi connectivity index (χ0n) is 9.10. The first-order valence-corrected chi connectivity index (χ1v) is 5.14. The zero-order chi connectivity index (χ0) is 11.6. The fraction of sp³-hybridized carbons (Fsp3) is 0.417. The minimum Gasteiger partial charge on any atom is -0.492 e. The van der Waals surface area contributed by atoms with Gasteiger partial charge in [0.15, 0.2) is 0 Å². The molecule has 1 saturated heterocycles. The highest BCUT2D eigenvalue weighted by Gasteiger charge is 2.34. The highest BCUT2D eigenvalue weighted by Crippen LogP contribution is 2.28. The van der Waals surface area contributed by atoms with Crippen LogP contribution in [0.5, 0.6) is 5.75 Å². The van der Waals surface area contributed by atoms with Gasteiger partial charge in [0.2, 0.25) is 0 Å². The van der Waals surface area contributed by atoms with Gasteiger partial charge in [0, 0.05) is 5.41 Å². The SMILES string of the molecule is CC1(COc2ccccc2C(=O)O)COC1. The topological polar surface area (TPSA) is 55.8 Å². The van der Waals surface area contributed by atoms with Crippen molar-refractivity contribution in [2.75, 3.05) is 19.8 Å². The van der Waals surface area contributed by atoms with E-state index in [0.29, 0.717) is 25.6 Å². The summed E-state index contributed by atoms with van der Waals surface area (Å²) in [6.07, 6.45) is 0. The van der Waals surface area contributed by atoms with E-state index in [-0.39, 0.29) is 11.0 Å². The number of ether oxygens (including phenoxy) is 2. The molecule has 86 valence electrons. The van der Waals surface area contributed by atoms with Crippen LogP contribution in [0.1, 0.15) is 17.3 Å². The Balaban J connectivity index is 2.06. The second-order valence-corrected chi connectivity index (χ2v) is 4.39. The maximum Gasteiger partial charge on any atom is 0.339 e. The maximum absolute atomic E-state index is 10.9. The highest BCUT2D eigenvalue weighted by atomic mass is 16.5. The van der Waals surface area contributed by atoms with Crippen molar-refractivity contribution in [2.45, 2.75) is 6.92 Å². The fourth-order valence-corrected chi connectivity index (χ4v) is 1.56. The average molecular weight is 222 g/mol. The summed E-state index contributed by atoms with van der Waals surface area (Å²) in [7, 11) is 0. The molecule has 16 heavy (non-hydrogen) atoms. The van der Waals surface area contributed by atoms with Gasteiger partial charge < -0.3 is 14.6 Å². The summed E-state index contributed by atoms with van der Waals surface area (Å²) in [5, 5.41) is 8.96. The average Bonchev–Trinajstić information content (AvgIpc) is 2.24. The van der Waals surface area contributed by atoms with Crippen LogP contribution < -0.4 is 4.74 Å². The van der Waals surface area contributed by atoms with Crippen molar-refractivity contribution in [1.82, 2.24) is 0 Å². The fourth-order valence-electron chi connectivity index (χ4n) is 1.56. The summed E-state index contributed by atoms with van der Waals surface area (Å²) in [4.78, 5) is 10.9. The Morgan fingerprint density at radius 1 is 1.50 bits per heavy atom. The van der Waals surface area contributed by atoms with Gasteiger partial charge in [0.1, 0.15) is 11.3 Å². The Hall–Kier alpha value is -1.55. The minimum absolute atomic E-state index is 0.0195. The van der Waals surface area contributed by atoms with Crippen LogP contribution in [0.3, 0.4) is 0 Å². The molecule has 0 bridgehead atoms. The normalized spacial score (nSPS) is 17.6. The molecule has 1 heterocycles. The second kappa shape index (κ2) is 4.14. The molecular formula is C12H14O4. The summed E-state index contributed by atoms with van der Waals surface area (Å²) >= 11 is 0. The van der Waals surface area contributed by atoms with Crippen LogP contribution in [0.15, 0.2) is 24.3 Å². The lowest BCUT2D eigenvalue weighted by Crippen LogP contribution is -2.44. The van der Waals surface area contributed by atoms with E-state index in [2.05, 4.69) is 6.92 Å². The number of hydrogen-bond acceptors (Lipinski definition) is 3. The van der Waals surface area contributed by atoms with E-state index in [1.54, 1.807) is 18.2 Å². The lowest BCUT2D eigenvalue weighted by atomic mass is 9.90. The van der Waals surface area contributed by atoms with E-state index < -0.39 is 5.97 Å². The van der Waals surface area contributed by atoms with E-state index in [1.807, 2.05) is 0 Å². The van der Waals surface area contributed by atoms with Gasteiger partial charge >= 0.3 is 5.97 Å². The molecule has 1 aliphatic heterocycles. The highest BCUT2D eigenvalue weighted by molar-refractivity contribution is 5.90. The molecule has 4 heteroatoms. The Kier molecular flexibility index (Phi) is 2.83. The lowest BCUT2D eigenvalue weighted by Gasteiger charge is -2.37. The lowest BCUT2D eigenvalue weighted by molar-refractivity contribution is -0.120. The molecule has 4 nitrogen and oxygen atoms in total. The third-order valence-corrected chi connectivity index (χ3v) is 2.59. The van der Waals surface area contributed by atoms with E-state index in [0.717, 1.165) is 0 Å². The van der Waals surface area contributed by atoms with Gasteiger partial charge in [-0.2, -0.15) is 0 Å². The molecule has 0 atom stereocenters. The summed E-state index contributed by atoms with van der Waals surface area (Å²) in [5.74, 6) is -0.547.